The van der Waals surface area contributed by atoms with Gasteiger partial charge in [0, 0.05) is 18.9 Å². The summed E-state index contributed by atoms with van der Waals surface area (Å²) in [4.78, 5) is -0.211. The van der Waals surface area contributed by atoms with Crippen LogP contribution >= 0.6 is 0 Å². The van der Waals surface area contributed by atoms with E-state index in [4.69, 9.17) is 10.5 Å². The van der Waals surface area contributed by atoms with Crippen molar-refractivity contribution in [2.24, 2.45) is 5.73 Å². The maximum Gasteiger partial charge on any atom is 0.179 e. The first kappa shape index (κ1) is 13.8. The highest BCUT2D eigenvalue weighted by Crippen LogP contribution is 2.27. The van der Waals surface area contributed by atoms with Crippen LogP contribution in [0, 0.1) is 0 Å². The van der Waals surface area contributed by atoms with Crippen molar-refractivity contribution in [3.8, 4) is 11.5 Å². The molecule has 0 aliphatic heterocycles. The van der Waals surface area contributed by atoms with E-state index in [-0.39, 0.29) is 29.5 Å². The summed E-state index contributed by atoms with van der Waals surface area (Å²) < 4.78 is 27.8. The van der Waals surface area contributed by atoms with E-state index in [0.29, 0.717) is 0 Å². The monoisotopic (exact) mass is 261 g/mol. The average Bonchev–Trinajstić information content (AvgIpc) is 2.26. The molecule has 1 atom stereocenters. The minimum atomic E-state index is -3.52. The Balaban J connectivity index is 2.90. The minimum Gasteiger partial charge on any atom is -0.507 e. The number of aliphatic hydroxyl groups excluding tert-OH is 1. The summed E-state index contributed by atoms with van der Waals surface area (Å²) in [6.45, 7) is 0.0154. The molecule has 4 N–H and O–H groups in total. The molecule has 0 aliphatic rings. The SMILES string of the molecule is CS(=O)(=O)c1cc(OC[C@@H](O)CN)ccc1O. The number of benzene rings is 1. The molecule has 0 spiro atoms. The van der Waals surface area contributed by atoms with Crippen LogP contribution in [0.25, 0.3) is 0 Å². The van der Waals surface area contributed by atoms with Crippen LogP contribution in [0.4, 0.5) is 0 Å². The van der Waals surface area contributed by atoms with Crippen LogP contribution in [0.3, 0.4) is 0 Å². The lowest BCUT2D eigenvalue weighted by molar-refractivity contribution is 0.114. The molecular formula is C10H15NO5S. The fraction of sp³-hybridized carbons (Fsp3) is 0.400. The number of aromatic hydroxyl groups is 1. The van der Waals surface area contributed by atoms with Crippen molar-refractivity contribution in [1.82, 2.24) is 0 Å². The Labute approximate surface area is 99.6 Å². The van der Waals surface area contributed by atoms with Crippen LogP contribution in [0.2, 0.25) is 0 Å². The standard InChI is InChI=1S/C10H15NO5S/c1-17(14,15)10-4-8(2-3-9(10)13)16-6-7(12)5-11/h2-4,7,12-13H,5-6,11H2,1H3/t7-/m0/s1. The van der Waals surface area contributed by atoms with E-state index in [0.717, 1.165) is 6.26 Å². The van der Waals surface area contributed by atoms with Gasteiger partial charge in [-0.15, -0.1) is 0 Å². The lowest BCUT2D eigenvalue weighted by Crippen LogP contribution is -2.26. The molecule has 0 aromatic heterocycles. The molecule has 96 valence electrons. The fourth-order valence-corrected chi connectivity index (χ4v) is 1.92. The van der Waals surface area contributed by atoms with Crippen LogP contribution in [0.5, 0.6) is 11.5 Å². The molecule has 6 nitrogen and oxygen atoms in total. The van der Waals surface area contributed by atoms with E-state index in [1.54, 1.807) is 0 Å². The number of phenols is 1. The highest BCUT2D eigenvalue weighted by Gasteiger charge is 2.14. The first-order chi connectivity index (χ1) is 7.84. The van der Waals surface area contributed by atoms with E-state index in [1.807, 2.05) is 0 Å². The molecule has 7 heteroatoms. The number of phenolic OH excluding ortho intramolecular Hbond substituents is 1. The molecule has 1 aromatic carbocycles. The van der Waals surface area contributed by atoms with E-state index in [1.165, 1.54) is 18.2 Å². The van der Waals surface area contributed by atoms with Gasteiger partial charge in [0.05, 0.1) is 0 Å². The largest absolute Gasteiger partial charge is 0.507 e. The first-order valence-corrected chi connectivity index (χ1v) is 6.77. The van der Waals surface area contributed by atoms with Gasteiger partial charge in [0.25, 0.3) is 0 Å². The summed E-state index contributed by atoms with van der Waals surface area (Å²) in [5, 5.41) is 18.6. The van der Waals surface area contributed by atoms with Gasteiger partial charge in [-0.25, -0.2) is 8.42 Å². The number of rotatable bonds is 5. The molecule has 0 bridgehead atoms. The molecule has 0 saturated heterocycles. The molecule has 0 saturated carbocycles. The van der Waals surface area contributed by atoms with Crippen molar-refractivity contribution in [2.75, 3.05) is 19.4 Å². The maximum absolute atomic E-state index is 11.3. The summed E-state index contributed by atoms with van der Waals surface area (Å²) in [6, 6.07) is 3.84. The molecule has 0 unspecified atom stereocenters. The summed E-state index contributed by atoms with van der Waals surface area (Å²) >= 11 is 0. The van der Waals surface area contributed by atoms with Crippen LogP contribution in [-0.2, 0) is 9.84 Å². The van der Waals surface area contributed by atoms with Crippen LogP contribution in [0.15, 0.2) is 23.1 Å². The molecular weight excluding hydrogens is 246 g/mol. The number of hydrogen-bond acceptors (Lipinski definition) is 6. The lowest BCUT2D eigenvalue weighted by Gasteiger charge is -2.11. The number of hydrogen-bond donors (Lipinski definition) is 3. The van der Waals surface area contributed by atoms with E-state index in [2.05, 4.69) is 0 Å². The van der Waals surface area contributed by atoms with Gasteiger partial charge in [-0.2, -0.15) is 0 Å². The van der Waals surface area contributed by atoms with Crippen LogP contribution < -0.4 is 10.5 Å². The zero-order chi connectivity index (χ0) is 13.1. The Morgan fingerprint density at radius 2 is 2.12 bits per heavy atom. The predicted molar refractivity (Wildman–Crippen MR) is 61.8 cm³/mol. The quantitative estimate of drug-likeness (QED) is 0.658. The molecule has 1 aromatic rings. The third-order valence-electron chi connectivity index (χ3n) is 2.05. The van der Waals surface area contributed by atoms with Gasteiger partial charge in [0.15, 0.2) is 9.84 Å². The zero-order valence-electron chi connectivity index (χ0n) is 9.33. The average molecular weight is 261 g/mol. The van der Waals surface area contributed by atoms with Gasteiger partial charge in [0.1, 0.15) is 29.1 Å². The van der Waals surface area contributed by atoms with Crippen molar-refractivity contribution in [3.05, 3.63) is 18.2 Å². The molecule has 0 aliphatic carbocycles. The Kier molecular flexibility index (Phi) is 4.33. The predicted octanol–water partition coefficient (Wildman–Crippen LogP) is -0.506. The first-order valence-electron chi connectivity index (χ1n) is 4.88. The highest BCUT2D eigenvalue weighted by molar-refractivity contribution is 7.90. The third-order valence-corrected chi connectivity index (χ3v) is 3.17. The van der Waals surface area contributed by atoms with Gasteiger partial charge < -0.3 is 20.7 Å². The number of aliphatic hydroxyl groups is 1. The van der Waals surface area contributed by atoms with Gasteiger partial charge in [-0.3, -0.25) is 0 Å². The summed E-state index contributed by atoms with van der Waals surface area (Å²) in [5.74, 6) is -0.0880. The second kappa shape index (κ2) is 5.35. The Morgan fingerprint density at radius 1 is 1.47 bits per heavy atom. The molecule has 1 rings (SSSR count). The van der Waals surface area contributed by atoms with Crippen LogP contribution in [-0.4, -0.2) is 44.1 Å². The van der Waals surface area contributed by atoms with Crippen molar-refractivity contribution < 1.29 is 23.4 Å². The summed E-state index contributed by atoms with van der Waals surface area (Å²) in [7, 11) is -3.52. The van der Waals surface area contributed by atoms with Crippen LogP contribution in [0.1, 0.15) is 0 Å². The second-order valence-corrected chi connectivity index (χ2v) is 5.59. The minimum absolute atomic E-state index is 0.0372. The number of nitrogens with two attached hydrogens (primary N) is 1. The lowest BCUT2D eigenvalue weighted by atomic mass is 10.3. The van der Waals surface area contributed by atoms with Crippen molar-refractivity contribution in [2.45, 2.75) is 11.0 Å². The third kappa shape index (κ3) is 3.88. The van der Waals surface area contributed by atoms with Crippen molar-refractivity contribution in [1.29, 1.82) is 0 Å². The zero-order valence-corrected chi connectivity index (χ0v) is 10.1. The van der Waals surface area contributed by atoms with E-state index >= 15 is 0 Å². The summed E-state index contributed by atoms with van der Waals surface area (Å²) in [6.07, 6.45) is 0.172. The number of ether oxygens (including phenoxy) is 1. The van der Waals surface area contributed by atoms with Gasteiger partial charge in [-0.05, 0) is 12.1 Å². The normalized spacial score (nSPS) is 13.4. The van der Waals surface area contributed by atoms with Gasteiger partial charge in [-0.1, -0.05) is 0 Å². The second-order valence-electron chi connectivity index (χ2n) is 3.60. The molecule has 0 amide bonds. The van der Waals surface area contributed by atoms with Gasteiger partial charge >= 0.3 is 0 Å². The molecule has 17 heavy (non-hydrogen) atoms. The maximum atomic E-state index is 11.3. The summed E-state index contributed by atoms with van der Waals surface area (Å²) in [5.41, 5.74) is 5.19. The molecule has 0 heterocycles. The van der Waals surface area contributed by atoms with Crippen molar-refractivity contribution >= 4 is 9.84 Å². The van der Waals surface area contributed by atoms with E-state index < -0.39 is 15.9 Å². The smallest absolute Gasteiger partial charge is 0.179 e. The Morgan fingerprint density at radius 3 is 2.65 bits per heavy atom. The Hall–Kier alpha value is -1.31. The number of sulfone groups is 1. The highest BCUT2D eigenvalue weighted by atomic mass is 32.2. The Bertz CT molecular complexity index is 485. The molecule has 0 radical (unpaired) electrons. The topological polar surface area (TPSA) is 110 Å². The van der Waals surface area contributed by atoms with Gasteiger partial charge in [0.2, 0.25) is 0 Å². The fourth-order valence-electron chi connectivity index (χ4n) is 1.14. The van der Waals surface area contributed by atoms with E-state index in [9.17, 15) is 18.6 Å². The van der Waals surface area contributed by atoms with Crippen molar-refractivity contribution in [3.63, 3.8) is 0 Å². The molecule has 0 fully saturated rings.